The zero-order chi connectivity index (χ0) is 11.0. The number of aryl methyl sites for hydroxylation is 1. The van der Waals surface area contributed by atoms with E-state index in [1.807, 2.05) is 25.1 Å². The lowest BCUT2D eigenvalue weighted by molar-refractivity contribution is 1.02. The molecule has 2 rings (SSSR count). The molecule has 0 aliphatic carbocycles. The van der Waals surface area contributed by atoms with Crippen LogP contribution in [0.3, 0.4) is 0 Å². The SMILES string of the molecule is Cc1ccc(Br)c(-c2nnc(N)n2N)c1. The van der Waals surface area contributed by atoms with E-state index >= 15 is 0 Å². The highest BCUT2D eigenvalue weighted by Crippen LogP contribution is 2.27. The van der Waals surface area contributed by atoms with E-state index in [-0.39, 0.29) is 5.95 Å². The Labute approximate surface area is 95.2 Å². The Balaban J connectivity index is 2.63. The lowest BCUT2D eigenvalue weighted by Crippen LogP contribution is -2.13. The maximum Gasteiger partial charge on any atom is 0.241 e. The molecule has 0 aliphatic rings. The maximum atomic E-state index is 5.70. The summed E-state index contributed by atoms with van der Waals surface area (Å²) in [5.74, 6) is 6.44. The first-order valence-electron chi connectivity index (χ1n) is 4.32. The minimum atomic E-state index is 0.193. The van der Waals surface area contributed by atoms with Gasteiger partial charge in [0.05, 0.1) is 0 Å². The van der Waals surface area contributed by atoms with Crippen molar-refractivity contribution in [3.8, 4) is 11.4 Å². The molecule has 0 spiro atoms. The van der Waals surface area contributed by atoms with Gasteiger partial charge in [0.25, 0.3) is 0 Å². The standard InChI is InChI=1S/C9H10BrN5/c1-5-2-3-7(10)6(4-5)8-13-14-9(11)15(8)12/h2-4H,12H2,1H3,(H2,11,14). The molecule has 0 amide bonds. The summed E-state index contributed by atoms with van der Waals surface area (Å²) in [6.45, 7) is 2.00. The van der Waals surface area contributed by atoms with E-state index in [9.17, 15) is 0 Å². The fourth-order valence-electron chi connectivity index (χ4n) is 1.30. The molecular weight excluding hydrogens is 258 g/mol. The third kappa shape index (κ3) is 1.68. The third-order valence-electron chi connectivity index (χ3n) is 2.08. The Kier molecular flexibility index (Phi) is 2.36. The van der Waals surface area contributed by atoms with E-state index in [1.165, 1.54) is 4.68 Å². The smallest absolute Gasteiger partial charge is 0.241 e. The molecule has 78 valence electrons. The number of aromatic nitrogens is 3. The van der Waals surface area contributed by atoms with E-state index in [2.05, 4.69) is 26.1 Å². The highest BCUT2D eigenvalue weighted by Gasteiger charge is 2.12. The lowest BCUT2D eigenvalue weighted by Gasteiger charge is -2.04. The molecular formula is C9H10BrN5. The second kappa shape index (κ2) is 3.54. The van der Waals surface area contributed by atoms with Gasteiger partial charge in [-0.1, -0.05) is 27.6 Å². The van der Waals surface area contributed by atoms with Crippen LogP contribution in [-0.4, -0.2) is 14.9 Å². The van der Waals surface area contributed by atoms with Gasteiger partial charge in [0.1, 0.15) is 0 Å². The van der Waals surface area contributed by atoms with Crippen molar-refractivity contribution in [1.82, 2.24) is 14.9 Å². The number of rotatable bonds is 1. The molecule has 0 atom stereocenters. The summed E-state index contributed by atoms with van der Waals surface area (Å²) < 4.78 is 2.17. The van der Waals surface area contributed by atoms with Gasteiger partial charge in [-0.25, -0.2) is 4.68 Å². The predicted octanol–water partition coefficient (Wildman–Crippen LogP) is 1.31. The molecule has 5 nitrogen and oxygen atoms in total. The average Bonchev–Trinajstić information content (AvgIpc) is 2.52. The first-order chi connectivity index (χ1) is 7.09. The quantitative estimate of drug-likeness (QED) is 0.764. The minimum Gasteiger partial charge on any atom is -0.366 e. The number of nitrogens with two attached hydrogens (primary N) is 2. The fourth-order valence-corrected chi connectivity index (χ4v) is 1.72. The Hall–Kier alpha value is -1.56. The summed E-state index contributed by atoms with van der Waals surface area (Å²) in [6, 6.07) is 5.90. The number of halogens is 1. The lowest BCUT2D eigenvalue weighted by atomic mass is 10.1. The Morgan fingerprint density at radius 3 is 2.67 bits per heavy atom. The largest absolute Gasteiger partial charge is 0.366 e. The van der Waals surface area contributed by atoms with Crippen molar-refractivity contribution >= 4 is 21.9 Å². The second-order valence-electron chi connectivity index (χ2n) is 3.24. The van der Waals surface area contributed by atoms with Crippen LogP contribution in [0.25, 0.3) is 11.4 Å². The van der Waals surface area contributed by atoms with Crippen LogP contribution in [0.2, 0.25) is 0 Å². The molecule has 15 heavy (non-hydrogen) atoms. The molecule has 0 saturated heterocycles. The summed E-state index contributed by atoms with van der Waals surface area (Å²) >= 11 is 3.43. The summed E-state index contributed by atoms with van der Waals surface area (Å²) in [5, 5.41) is 7.63. The van der Waals surface area contributed by atoms with Gasteiger partial charge in [0, 0.05) is 10.0 Å². The van der Waals surface area contributed by atoms with Crippen molar-refractivity contribution < 1.29 is 0 Å². The minimum absolute atomic E-state index is 0.193. The number of hydrogen-bond acceptors (Lipinski definition) is 4. The second-order valence-corrected chi connectivity index (χ2v) is 4.09. The van der Waals surface area contributed by atoms with Gasteiger partial charge >= 0.3 is 0 Å². The molecule has 1 heterocycles. The van der Waals surface area contributed by atoms with Crippen LogP contribution in [0.4, 0.5) is 5.95 Å². The number of nitrogens with zero attached hydrogens (tertiary/aromatic N) is 3. The molecule has 0 unspecified atom stereocenters. The van der Waals surface area contributed by atoms with E-state index in [0.717, 1.165) is 15.6 Å². The number of benzene rings is 1. The zero-order valence-corrected chi connectivity index (χ0v) is 9.69. The van der Waals surface area contributed by atoms with Crippen molar-refractivity contribution in [3.63, 3.8) is 0 Å². The van der Waals surface area contributed by atoms with E-state index in [1.54, 1.807) is 0 Å². The van der Waals surface area contributed by atoms with Crippen LogP contribution in [0.5, 0.6) is 0 Å². The molecule has 0 bridgehead atoms. The molecule has 0 aliphatic heterocycles. The van der Waals surface area contributed by atoms with Crippen molar-refractivity contribution in [2.24, 2.45) is 0 Å². The topological polar surface area (TPSA) is 82.8 Å². The van der Waals surface area contributed by atoms with Gasteiger partial charge in [-0.2, -0.15) is 0 Å². The van der Waals surface area contributed by atoms with Crippen molar-refractivity contribution in [3.05, 3.63) is 28.2 Å². The Morgan fingerprint density at radius 2 is 2.07 bits per heavy atom. The van der Waals surface area contributed by atoms with Crippen molar-refractivity contribution in [2.45, 2.75) is 6.92 Å². The predicted molar refractivity (Wildman–Crippen MR) is 62.5 cm³/mol. The van der Waals surface area contributed by atoms with Crippen LogP contribution >= 0.6 is 15.9 Å². The van der Waals surface area contributed by atoms with Crippen LogP contribution in [0, 0.1) is 6.92 Å². The highest BCUT2D eigenvalue weighted by atomic mass is 79.9. The molecule has 0 radical (unpaired) electrons. The zero-order valence-electron chi connectivity index (χ0n) is 8.11. The van der Waals surface area contributed by atoms with Gasteiger partial charge in [-0.3, -0.25) is 0 Å². The van der Waals surface area contributed by atoms with Crippen molar-refractivity contribution in [2.75, 3.05) is 11.6 Å². The molecule has 1 aromatic heterocycles. The van der Waals surface area contributed by atoms with Gasteiger partial charge in [0.2, 0.25) is 5.95 Å². The number of nitrogen functional groups attached to an aromatic ring is 2. The maximum absolute atomic E-state index is 5.70. The van der Waals surface area contributed by atoms with Crippen LogP contribution < -0.4 is 11.6 Å². The Morgan fingerprint density at radius 1 is 1.33 bits per heavy atom. The Bertz CT molecular complexity index is 505. The van der Waals surface area contributed by atoms with Gasteiger partial charge in [0.15, 0.2) is 5.82 Å². The molecule has 0 saturated carbocycles. The molecule has 0 fully saturated rings. The third-order valence-corrected chi connectivity index (χ3v) is 2.78. The van der Waals surface area contributed by atoms with Crippen molar-refractivity contribution in [1.29, 1.82) is 0 Å². The molecule has 2 aromatic rings. The van der Waals surface area contributed by atoms with Crippen LogP contribution in [-0.2, 0) is 0 Å². The van der Waals surface area contributed by atoms with E-state index < -0.39 is 0 Å². The number of anilines is 1. The van der Waals surface area contributed by atoms with Crippen LogP contribution in [0.15, 0.2) is 22.7 Å². The van der Waals surface area contributed by atoms with Gasteiger partial charge in [-0.05, 0) is 19.1 Å². The van der Waals surface area contributed by atoms with Gasteiger partial charge in [-0.15, -0.1) is 10.2 Å². The fraction of sp³-hybridized carbons (Fsp3) is 0.111. The summed E-state index contributed by atoms with van der Waals surface area (Å²) in [4.78, 5) is 0. The average molecular weight is 268 g/mol. The molecule has 4 N–H and O–H groups in total. The first-order valence-corrected chi connectivity index (χ1v) is 5.11. The van der Waals surface area contributed by atoms with E-state index in [0.29, 0.717) is 5.82 Å². The molecule has 6 heteroatoms. The van der Waals surface area contributed by atoms with Gasteiger partial charge < -0.3 is 11.6 Å². The normalized spacial score (nSPS) is 10.5. The highest BCUT2D eigenvalue weighted by molar-refractivity contribution is 9.10. The summed E-state index contributed by atoms with van der Waals surface area (Å²) in [5.41, 5.74) is 7.51. The monoisotopic (exact) mass is 267 g/mol. The number of hydrogen-bond donors (Lipinski definition) is 2. The summed E-state index contributed by atoms with van der Waals surface area (Å²) in [6.07, 6.45) is 0. The van der Waals surface area contributed by atoms with E-state index in [4.69, 9.17) is 11.6 Å². The molecule has 1 aromatic carbocycles. The first kappa shape index (κ1) is 9.97. The summed E-state index contributed by atoms with van der Waals surface area (Å²) in [7, 11) is 0. The van der Waals surface area contributed by atoms with Crippen LogP contribution in [0.1, 0.15) is 5.56 Å².